The van der Waals surface area contributed by atoms with E-state index in [0.29, 0.717) is 16.7 Å². The van der Waals surface area contributed by atoms with Crippen LogP contribution in [-0.2, 0) is 12.7 Å². The first-order chi connectivity index (χ1) is 12.2. The van der Waals surface area contributed by atoms with Crippen LogP contribution in [0.15, 0.2) is 48.5 Å². The van der Waals surface area contributed by atoms with E-state index in [2.05, 4.69) is 10.6 Å². The number of nitrogens with two attached hydrogens (primary N) is 1. The molecule has 138 valence electrons. The van der Waals surface area contributed by atoms with Crippen molar-refractivity contribution in [2.45, 2.75) is 25.7 Å². The minimum atomic E-state index is -4.44. The third-order valence-electron chi connectivity index (χ3n) is 3.73. The van der Waals surface area contributed by atoms with Gasteiger partial charge in [-0.05, 0) is 42.3 Å². The van der Waals surface area contributed by atoms with Crippen molar-refractivity contribution in [1.29, 1.82) is 0 Å². The lowest BCUT2D eigenvalue weighted by molar-refractivity contribution is -0.137. The molecule has 1 atom stereocenters. The van der Waals surface area contributed by atoms with Crippen LogP contribution in [0.2, 0.25) is 0 Å². The summed E-state index contributed by atoms with van der Waals surface area (Å²) < 4.78 is 38.3. The van der Waals surface area contributed by atoms with E-state index < -0.39 is 29.7 Å². The van der Waals surface area contributed by atoms with Crippen molar-refractivity contribution < 1.29 is 22.8 Å². The van der Waals surface area contributed by atoms with Crippen molar-refractivity contribution >= 4 is 11.9 Å². The van der Waals surface area contributed by atoms with Crippen molar-refractivity contribution in [3.8, 4) is 0 Å². The molecule has 0 saturated heterocycles. The Labute approximate surface area is 148 Å². The van der Waals surface area contributed by atoms with Gasteiger partial charge in [-0.1, -0.05) is 24.3 Å². The number of alkyl halides is 3. The summed E-state index contributed by atoms with van der Waals surface area (Å²) in [6.45, 7) is 1.73. The Morgan fingerprint density at radius 3 is 2.46 bits per heavy atom. The maximum absolute atomic E-state index is 12.8. The predicted molar refractivity (Wildman–Crippen MR) is 90.2 cm³/mol. The molecule has 0 bridgehead atoms. The second-order valence-electron chi connectivity index (χ2n) is 5.74. The molecule has 5 nitrogen and oxygen atoms in total. The lowest BCUT2D eigenvalue weighted by Gasteiger charge is -2.17. The number of hydrogen-bond acceptors (Lipinski definition) is 2. The van der Waals surface area contributed by atoms with Gasteiger partial charge in [-0.3, -0.25) is 4.79 Å². The highest BCUT2D eigenvalue weighted by Crippen LogP contribution is 2.30. The number of nitrogens with one attached hydrogen (secondary N) is 2. The van der Waals surface area contributed by atoms with Gasteiger partial charge in [0.2, 0.25) is 5.91 Å². The number of benzene rings is 2. The van der Waals surface area contributed by atoms with Crippen LogP contribution in [-0.4, -0.2) is 11.9 Å². The zero-order chi connectivity index (χ0) is 19.3. The summed E-state index contributed by atoms with van der Waals surface area (Å²) in [5.41, 5.74) is 5.75. The van der Waals surface area contributed by atoms with Gasteiger partial charge in [-0.25, -0.2) is 4.79 Å². The smallest absolute Gasteiger partial charge is 0.366 e. The summed E-state index contributed by atoms with van der Waals surface area (Å²) in [5, 5.41) is 5.16. The molecule has 1 unspecified atom stereocenters. The fraction of sp³-hybridized carbons (Fsp3) is 0.222. The number of primary amides is 1. The van der Waals surface area contributed by atoms with Crippen molar-refractivity contribution in [2.75, 3.05) is 0 Å². The van der Waals surface area contributed by atoms with Crippen molar-refractivity contribution in [1.82, 2.24) is 10.6 Å². The number of urea groups is 1. The van der Waals surface area contributed by atoms with Gasteiger partial charge in [0.05, 0.1) is 11.6 Å². The Kier molecular flexibility index (Phi) is 5.86. The number of carbonyl (C=O) groups is 2. The van der Waals surface area contributed by atoms with Crippen molar-refractivity contribution in [3.05, 3.63) is 70.8 Å². The second kappa shape index (κ2) is 7.90. The first-order valence-corrected chi connectivity index (χ1v) is 7.77. The standard InChI is InChI=1S/C18H18F3N3O2/c1-11(13-5-3-7-15(9-13)18(19,20)21)24-17(26)23-10-12-4-2-6-14(8-12)16(22)25/h2-9,11H,10H2,1H3,(H2,22,25)(H2,23,24,26). The highest BCUT2D eigenvalue weighted by atomic mass is 19.4. The van der Waals surface area contributed by atoms with E-state index in [1.807, 2.05) is 0 Å². The molecule has 0 spiro atoms. The van der Waals surface area contributed by atoms with Crippen LogP contribution >= 0.6 is 0 Å². The van der Waals surface area contributed by atoms with Crippen LogP contribution in [0, 0.1) is 0 Å². The molecule has 0 saturated carbocycles. The number of carbonyl (C=O) groups excluding carboxylic acids is 2. The van der Waals surface area contributed by atoms with Crippen LogP contribution in [0.4, 0.5) is 18.0 Å². The molecule has 2 rings (SSSR count). The Morgan fingerprint density at radius 2 is 1.81 bits per heavy atom. The average molecular weight is 365 g/mol. The molecule has 0 fully saturated rings. The molecule has 8 heteroatoms. The molecule has 0 heterocycles. The van der Waals surface area contributed by atoms with E-state index in [-0.39, 0.29) is 6.54 Å². The maximum atomic E-state index is 12.8. The first kappa shape index (κ1) is 19.3. The normalized spacial score (nSPS) is 12.3. The monoisotopic (exact) mass is 365 g/mol. The first-order valence-electron chi connectivity index (χ1n) is 7.77. The van der Waals surface area contributed by atoms with E-state index >= 15 is 0 Å². The molecule has 0 aliphatic heterocycles. The molecular formula is C18H18F3N3O2. The van der Waals surface area contributed by atoms with Gasteiger partial charge in [0, 0.05) is 12.1 Å². The van der Waals surface area contributed by atoms with Crippen molar-refractivity contribution in [2.24, 2.45) is 5.73 Å². The molecule has 4 N–H and O–H groups in total. The van der Waals surface area contributed by atoms with Crippen LogP contribution in [0.3, 0.4) is 0 Å². The third-order valence-corrected chi connectivity index (χ3v) is 3.73. The fourth-order valence-electron chi connectivity index (χ4n) is 2.33. The van der Waals surface area contributed by atoms with Crippen LogP contribution < -0.4 is 16.4 Å². The van der Waals surface area contributed by atoms with Crippen LogP contribution in [0.5, 0.6) is 0 Å². The summed E-state index contributed by atoms with van der Waals surface area (Å²) in [4.78, 5) is 23.1. The number of halogens is 3. The summed E-state index contributed by atoms with van der Waals surface area (Å²) in [6.07, 6.45) is -4.44. The van der Waals surface area contributed by atoms with E-state index in [0.717, 1.165) is 12.1 Å². The Bertz CT molecular complexity index is 806. The van der Waals surface area contributed by atoms with Gasteiger partial charge in [-0.15, -0.1) is 0 Å². The predicted octanol–water partition coefficient (Wildman–Crippen LogP) is 3.36. The number of hydrogen-bond donors (Lipinski definition) is 3. The highest BCUT2D eigenvalue weighted by Gasteiger charge is 2.30. The van der Waals surface area contributed by atoms with E-state index in [1.54, 1.807) is 31.2 Å². The highest BCUT2D eigenvalue weighted by molar-refractivity contribution is 5.92. The SMILES string of the molecule is CC(NC(=O)NCc1cccc(C(N)=O)c1)c1cccc(C(F)(F)F)c1. The topological polar surface area (TPSA) is 84.2 Å². The minimum absolute atomic E-state index is 0.141. The summed E-state index contributed by atoms with van der Waals surface area (Å²) in [5.74, 6) is -0.575. The molecular weight excluding hydrogens is 347 g/mol. The molecule has 0 aliphatic carbocycles. The summed E-state index contributed by atoms with van der Waals surface area (Å²) in [6, 6.07) is 10.1. The van der Waals surface area contributed by atoms with Gasteiger partial charge < -0.3 is 16.4 Å². The lowest BCUT2D eigenvalue weighted by Crippen LogP contribution is -2.36. The van der Waals surface area contributed by atoms with E-state index in [1.165, 1.54) is 12.1 Å². The maximum Gasteiger partial charge on any atom is 0.416 e. The molecule has 3 amide bonds. The van der Waals surface area contributed by atoms with E-state index in [4.69, 9.17) is 5.73 Å². The summed E-state index contributed by atoms with van der Waals surface area (Å²) >= 11 is 0. The second-order valence-corrected chi connectivity index (χ2v) is 5.74. The van der Waals surface area contributed by atoms with Gasteiger partial charge in [0.1, 0.15) is 0 Å². The number of rotatable bonds is 5. The fourth-order valence-corrected chi connectivity index (χ4v) is 2.33. The molecule has 0 aliphatic rings. The molecule has 26 heavy (non-hydrogen) atoms. The van der Waals surface area contributed by atoms with Gasteiger partial charge in [0.15, 0.2) is 0 Å². The van der Waals surface area contributed by atoms with Gasteiger partial charge in [0.25, 0.3) is 0 Å². The molecule has 0 radical (unpaired) electrons. The average Bonchev–Trinajstić information content (AvgIpc) is 2.59. The summed E-state index contributed by atoms with van der Waals surface area (Å²) in [7, 11) is 0. The minimum Gasteiger partial charge on any atom is -0.366 e. The van der Waals surface area contributed by atoms with Crippen LogP contribution in [0.25, 0.3) is 0 Å². The third kappa shape index (κ3) is 5.23. The molecule has 2 aromatic rings. The lowest BCUT2D eigenvalue weighted by atomic mass is 10.1. The Morgan fingerprint density at radius 1 is 1.12 bits per heavy atom. The zero-order valence-corrected chi connectivity index (χ0v) is 13.9. The van der Waals surface area contributed by atoms with Crippen LogP contribution in [0.1, 0.15) is 40.0 Å². The van der Waals surface area contributed by atoms with Crippen molar-refractivity contribution in [3.63, 3.8) is 0 Å². The van der Waals surface area contributed by atoms with E-state index in [9.17, 15) is 22.8 Å². The van der Waals surface area contributed by atoms with Gasteiger partial charge >= 0.3 is 12.2 Å². The Balaban J connectivity index is 1.95. The Hall–Kier alpha value is -3.03. The molecule has 0 aromatic heterocycles. The number of amides is 3. The zero-order valence-electron chi connectivity index (χ0n) is 13.9. The quantitative estimate of drug-likeness (QED) is 0.759. The largest absolute Gasteiger partial charge is 0.416 e. The van der Waals surface area contributed by atoms with Gasteiger partial charge in [-0.2, -0.15) is 13.2 Å². The molecule has 2 aromatic carbocycles.